The molecule has 0 aromatic carbocycles. The minimum Gasteiger partial charge on any atom is -0.492 e. The normalized spacial score (nSPS) is 10.8. The number of rotatable bonds is 4. The molecular weight excluding hydrogens is 252 g/mol. The first kappa shape index (κ1) is 14.2. The molecule has 0 unspecified atom stereocenters. The molecule has 5 nitrogen and oxygen atoms in total. The summed E-state index contributed by atoms with van der Waals surface area (Å²) in [5.74, 6) is 2.21. The Bertz CT molecular complexity index is 611. The van der Waals surface area contributed by atoms with Crippen LogP contribution in [0.4, 0.5) is 5.82 Å². The van der Waals surface area contributed by atoms with Crippen LogP contribution in [-0.4, -0.2) is 21.6 Å². The molecule has 0 atom stereocenters. The van der Waals surface area contributed by atoms with Gasteiger partial charge in [-0.15, -0.1) is 0 Å². The third-order valence-corrected chi connectivity index (χ3v) is 3.01. The summed E-state index contributed by atoms with van der Waals surface area (Å²) in [6, 6.07) is 1.93. The van der Waals surface area contributed by atoms with Crippen molar-refractivity contribution in [3.05, 3.63) is 29.8 Å². The molecule has 2 aromatic rings. The standard InChI is InChI=1S/C15H20N4O/c1-5-20-12-6-11(7-17-8-12)13-10(4)14(16)19-15(18-13)9(2)3/h6-9H,5H2,1-4H3,(H2,16,18,19). The van der Waals surface area contributed by atoms with E-state index >= 15 is 0 Å². The molecule has 0 saturated carbocycles. The highest BCUT2D eigenvalue weighted by molar-refractivity contribution is 5.67. The van der Waals surface area contributed by atoms with Crippen LogP contribution in [0, 0.1) is 6.92 Å². The van der Waals surface area contributed by atoms with Gasteiger partial charge in [-0.05, 0) is 19.9 Å². The van der Waals surface area contributed by atoms with Crippen molar-refractivity contribution in [3.8, 4) is 17.0 Å². The van der Waals surface area contributed by atoms with E-state index in [1.807, 2.05) is 33.8 Å². The van der Waals surface area contributed by atoms with Crippen LogP contribution in [0.1, 0.15) is 38.1 Å². The van der Waals surface area contributed by atoms with Gasteiger partial charge in [-0.2, -0.15) is 0 Å². The molecule has 0 fully saturated rings. The van der Waals surface area contributed by atoms with Gasteiger partial charge in [0.15, 0.2) is 0 Å². The van der Waals surface area contributed by atoms with Gasteiger partial charge in [-0.1, -0.05) is 13.8 Å². The maximum absolute atomic E-state index is 5.99. The average molecular weight is 272 g/mol. The second-order valence-electron chi connectivity index (χ2n) is 4.94. The van der Waals surface area contributed by atoms with Crippen LogP contribution in [0.2, 0.25) is 0 Å². The molecule has 0 spiro atoms. The second kappa shape index (κ2) is 5.86. The largest absolute Gasteiger partial charge is 0.492 e. The highest BCUT2D eigenvalue weighted by Crippen LogP contribution is 2.27. The van der Waals surface area contributed by atoms with Crippen molar-refractivity contribution in [2.75, 3.05) is 12.3 Å². The third kappa shape index (κ3) is 2.87. The summed E-state index contributed by atoms with van der Waals surface area (Å²) < 4.78 is 5.48. The quantitative estimate of drug-likeness (QED) is 0.926. The number of pyridine rings is 1. The number of aromatic nitrogens is 3. The highest BCUT2D eigenvalue weighted by Gasteiger charge is 2.13. The van der Waals surface area contributed by atoms with Gasteiger partial charge in [-0.25, -0.2) is 9.97 Å². The van der Waals surface area contributed by atoms with E-state index in [4.69, 9.17) is 10.5 Å². The molecule has 2 aromatic heterocycles. The van der Waals surface area contributed by atoms with Crippen molar-refractivity contribution in [2.24, 2.45) is 0 Å². The van der Waals surface area contributed by atoms with E-state index in [1.165, 1.54) is 0 Å². The molecule has 0 aliphatic carbocycles. The molecule has 0 radical (unpaired) electrons. The van der Waals surface area contributed by atoms with Crippen molar-refractivity contribution in [3.63, 3.8) is 0 Å². The molecule has 106 valence electrons. The van der Waals surface area contributed by atoms with Crippen LogP contribution in [0.15, 0.2) is 18.5 Å². The Morgan fingerprint density at radius 2 is 2.00 bits per heavy atom. The van der Waals surface area contributed by atoms with E-state index in [2.05, 4.69) is 15.0 Å². The Morgan fingerprint density at radius 1 is 1.25 bits per heavy atom. The zero-order chi connectivity index (χ0) is 14.7. The lowest BCUT2D eigenvalue weighted by atomic mass is 10.1. The van der Waals surface area contributed by atoms with Gasteiger partial charge in [0.05, 0.1) is 18.5 Å². The summed E-state index contributed by atoms with van der Waals surface area (Å²) in [4.78, 5) is 13.1. The molecule has 5 heteroatoms. The molecular formula is C15H20N4O. The van der Waals surface area contributed by atoms with Crippen LogP contribution in [0.5, 0.6) is 5.75 Å². The Morgan fingerprint density at radius 3 is 2.65 bits per heavy atom. The lowest BCUT2D eigenvalue weighted by Crippen LogP contribution is -2.06. The van der Waals surface area contributed by atoms with Crippen molar-refractivity contribution >= 4 is 5.82 Å². The maximum Gasteiger partial charge on any atom is 0.138 e. The predicted molar refractivity (Wildman–Crippen MR) is 79.7 cm³/mol. The van der Waals surface area contributed by atoms with Gasteiger partial charge < -0.3 is 10.5 Å². The van der Waals surface area contributed by atoms with E-state index in [9.17, 15) is 0 Å². The minimum absolute atomic E-state index is 0.222. The van der Waals surface area contributed by atoms with E-state index in [1.54, 1.807) is 12.4 Å². The first-order chi connectivity index (χ1) is 9.52. The summed E-state index contributed by atoms with van der Waals surface area (Å²) >= 11 is 0. The fourth-order valence-electron chi connectivity index (χ4n) is 1.89. The minimum atomic E-state index is 0.222. The van der Waals surface area contributed by atoms with Gasteiger partial charge in [0.1, 0.15) is 17.4 Å². The Hall–Kier alpha value is -2.17. The molecule has 0 bridgehead atoms. The van der Waals surface area contributed by atoms with Crippen molar-refractivity contribution in [1.82, 2.24) is 15.0 Å². The zero-order valence-electron chi connectivity index (χ0n) is 12.3. The fraction of sp³-hybridized carbons (Fsp3) is 0.400. The predicted octanol–water partition coefficient (Wildman–Crippen LogP) is 2.95. The van der Waals surface area contributed by atoms with E-state index in [0.717, 1.165) is 28.4 Å². The first-order valence-corrected chi connectivity index (χ1v) is 6.75. The summed E-state index contributed by atoms with van der Waals surface area (Å²) in [5, 5.41) is 0. The summed E-state index contributed by atoms with van der Waals surface area (Å²) in [6.45, 7) is 8.55. The van der Waals surface area contributed by atoms with Gasteiger partial charge >= 0.3 is 0 Å². The number of nitrogen functional groups attached to an aromatic ring is 1. The van der Waals surface area contributed by atoms with Crippen LogP contribution in [0.3, 0.4) is 0 Å². The third-order valence-electron chi connectivity index (χ3n) is 3.01. The monoisotopic (exact) mass is 272 g/mol. The van der Waals surface area contributed by atoms with Gasteiger partial charge in [0.25, 0.3) is 0 Å². The van der Waals surface area contributed by atoms with Crippen LogP contribution >= 0.6 is 0 Å². The molecule has 2 N–H and O–H groups in total. The number of hydrogen-bond donors (Lipinski definition) is 1. The molecule has 20 heavy (non-hydrogen) atoms. The summed E-state index contributed by atoms with van der Waals surface area (Å²) in [6.07, 6.45) is 3.46. The van der Waals surface area contributed by atoms with Crippen LogP contribution in [0.25, 0.3) is 11.3 Å². The van der Waals surface area contributed by atoms with E-state index in [0.29, 0.717) is 12.4 Å². The Labute approximate surface area is 119 Å². The lowest BCUT2D eigenvalue weighted by Gasteiger charge is -2.12. The highest BCUT2D eigenvalue weighted by atomic mass is 16.5. The molecule has 2 rings (SSSR count). The molecule has 0 aliphatic rings. The van der Waals surface area contributed by atoms with Crippen LogP contribution < -0.4 is 10.5 Å². The number of hydrogen-bond acceptors (Lipinski definition) is 5. The smallest absolute Gasteiger partial charge is 0.138 e. The molecule has 2 heterocycles. The SMILES string of the molecule is CCOc1cncc(-c2nc(C(C)C)nc(N)c2C)c1. The summed E-state index contributed by atoms with van der Waals surface area (Å²) in [5.41, 5.74) is 8.56. The second-order valence-corrected chi connectivity index (χ2v) is 4.94. The van der Waals surface area contributed by atoms with Crippen molar-refractivity contribution in [1.29, 1.82) is 0 Å². The number of anilines is 1. The van der Waals surface area contributed by atoms with Gasteiger partial charge in [-0.3, -0.25) is 4.98 Å². The van der Waals surface area contributed by atoms with Crippen LogP contribution in [-0.2, 0) is 0 Å². The first-order valence-electron chi connectivity index (χ1n) is 6.75. The van der Waals surface area contributed by atoms with Gasteiger partial charge in [0.2, 0.25) is 0 Å². The number of ether oxygens (including phenoxy) is 1. The lowest BCUT2D eigenvalue weighted by molar-refractivity contribution is 0.339. The summed E-state index contributed by atoms with van der Waals surface area (Å²) in [7, 11) is 0. The number of nitrogens with two attached hydrogens (primary N) is 1. The van der Waals surface area contributed by atoms with E-state index < -0.39 is 0 Å². The fourth-order valence-corrected chi connectivity index (χ4v) is 1.89. The van der Waals surface area contributed by atoms with Crippen molar-refractivity contribution in [2.45, 2.75) is 33.6 Å². The molecule has 0 amide bonds. The maximum atomic E-state index is 5.99. The average Bonchev–Trinajstić information content (AvgIpc) is 2.42. The van der Waals surface area contributed by atoms with E-state index in [-0.39, 0.29) is 5.92 Å². The topological polar surface area (TPSA) is 73.9 Å². The number of nitrogens with zero attached hydrogens (tertiary/aromatic N) is 3. The van der Waals surface area contributed by atoms with Crippen molar-refractivity contribution < 1.29 is 4.74 Å². The molecule has 0 saturated heterocycles. The zero-order valence-corrected chi connectivity index (χ0v) is 12.3. The Balaban J connectivity index is 2.53. The Kier molecular flexibility index (Phi) is 4.17. The van der Waals surface area contributed by atoms with Gasteiger partial charge in [0, 0.05) is 23.2 Å². The molecule has 0 aliphatic heterocycles.